The van der Waals surface area contributed by atoms with Crippen LogP contribution in [-0.2, 0) is 0 Å². The fraction of sp³-hybridized carbons (Fsp3) is 0.471. The largest absolute Gasteiger partial charge is 0.339 e. The molecular weight excluding hydrogens is 322 g/mol. The predicted molar refractivity (Wildman–Crippen MR) is 96.3 cm³/mol. The zero-order chi connectivity index (χ0) is 16.9. The van der Waals surface area contributed by atoms with Gasteiger partial charge in [0.1, 0.15) is 0 Å². The summed E-state index contributed by atoms with van der Waals surface area (Å²) >= 11 is 1.67. The number of thiophene rings is 1. The van der Waals surface area contributed by atoms with Crippen LogP contribution in [0.1, 0.15) is 30.7 Å². The molecule has 2 atom stereocenters. The highest BCUT2D eigenvalue weighted by Gasteiger charge is 2.25. The summed E-state index contributed by atoms with van der Waals surface area (Å²) in [6, 6.07) is 6.05. The van der Waals surface area contributed by atoms with E-state index >= 15 is 0 Å². The van der Waals surface area contributed by atoms with Crippen LogP contribution in [0.5, 0.6) is 0 Å². The second-order valence-electron chi connectivity index (χ2n) is 6.09. The predicted octanol–water partition coefficient (Wildman–Crippen LogP) is 2.91. The average molecular weight is 345 g/mol. The first-order valence-corrected chi connectivity index (χ1v) is 9.12. The highest BCUT2D eigenvalue weighted by Crippen LogP contribution is 2.23. The van der Waals surface area contributed by atoms with Gasteiger partial charge in [0.25, 0.3) is 0 Å². The van der Waals surface area contributed by atoms with Gasteiger partial charge in [-0.2, -0.15) is 0 Å². The number of hydrogen-bond donors (Lipinski definition) is 1. The molecule has 0 saturated carbocycles. The summed E-state index contributed by atoms with van der Waals surface area (Å²) in [5.41, 5.74) is 0. The maximum Gasteiger partial charge on any atom is 0.317 e. The van der Waals surface area contributed by atoms with E-state index < -0.39 is 0 Å². The Morgan fingerprint density at radius 2 is 2.21 bits per heavy atom. The quantitative estimate of drug-likeness (QED) is 0.925. The maximum atomic E-state index is 12.6. The summed E-state index contributed by atoms with van der Waals surface area (Å²) in [5, 5.41) is 5.19. The topological polar surface area (TPSA) is 61.4 Å². The van der Waals surface area contributed by atoms with Crippen LogP contribution >= 0.6 is 11.3 Å². The van der Waals surface area contributed by atoms with Gasteiger partial charge in [-0.15, -0.1) is 11.3 Å². The molecule has 0 unspecified atom stereocenters. The minimum absolute atomic E-state index is 0.0308. The van der Waals surface area contributed by atoms with E-state index in [2.05, 4.69) is 33.2 Å². The molecule has 6 nitrogen and oxygen atoms in total. The van der Waals surface area contributed by atoms with Crippen molar-refractivity contribution < 1.29 is 4.79 Å². The smallest absolute Gasteiger partial charge is 0.317 e. The molecule has 0 radical (unpaired) electrons. The summed E-state index contributed by atoms with van der Waals surface area (Å²) in [7, 11) is 1.85. The molecule has 0 spiro atoms. The zero-order valence-corrected chi connectivity index (χ0v) is 14.9. The summed E-state index contributed by atoms with van der Waals surface area (Å²) in [5.74, 6) is 0.733. The van der Waals surface area contributed by atoms with Gasteiger partial charge in [0.2, 0.25) is 5.95 Å². The Labute approximate surface area is 146 Å². The number of aromatic nitrogens is 2. The first-order valence-electron chi connectivity index (χ1n) is 8.24. The maximum absolute atomic E-state index is 12.6. The molecule has 2 aromatic heterocycles. The molecule has 7 heteroatoms. The summed E-state index contributed by atoms with van der Waals surface area (Å²) in [4.78, 5) is 26.3. The third-order valence-corrected chi connectivity index (χ3v) is 5.48. The Balaban J connectivity index is 1.58. The molecule has 24 heavy (non-hydrogen) atoms. The zero-order valence-electron chi connectivity index (χ0n) is 14.1. The van der Waals surface area contributed by atoms with Gasteiger partial charge in [-0.25, -0.2) is 14.8 Å². The van der Waals surface area contributed by atoms with Gasteiger partial charge in [0, 0.05) is 43.4 Å². The molecule has 2 amide bonds. The number of carbonyl (C=O) groups is 1. The van der Waals surface area contributed by atoms with E-state index in [1.54, 1.807) is 28.6 Å². The van der Waals surface area contributed by atoms with E-state index in [-0.39, 0.29) is 18.1 Å². The molecule has 1 aliphatic heterocycles. The Morgan fingerprint density at radius 3 is 2.92 bits per heavy atom. The number of carbonyl (C=O) groups excluding carboxylic acids is 1. The molecule has 0 bridgehead atoms. The van der Waals surface area contributed by atoms with Gasteiger partial charge in [0.15, 0.2) is 0 Å². The second kappa shape index (κ2) is 7.61. The lowest BCUT2D eigenvalue weighted by Crippen LogP contribution is -2.51. The lowest BCUT2D eigenvalue weighted by atomic mass is 10.1. The number of amides is 2. The van der Waals surface area contributed by atoms with Crippen LogP contribution in [0, 0.1) is 0 Å². The van der Waals surface area contributed by atoms with Crippen molar-refractivity contribution in [3.8, 4) is 0 Å². The molecule has 128 valence electrons. The fourth-order valence-corrected chi connectivity index (χ4v) is 3.73. The van der Waals surface area contributed by atoms with E-state index in [1.807, 2.05) is 24.6 Å². The number of nitrogens with one attached hydrogen (secondary N) is 1. The SMILES string of the molecule is C[C@H](c1cccs1)N(C)C(=O)N[C@H]1CCCN(c2ncccn2)C1. The number of nitrogens with zero attached hydrogens (tertiary/aromatic N) is 4. The van der Waals surface area contributed by atoms with Gasteiger partial charge in [-0.1, -0.05) is 6.07 Å². The summed E-state index contributed by atoms with van der Waals surface area (Å²) in [6.07, 6.45) is 5.51. The number of anilines is 1. The van der Waals surface area contributed by atoms with E-state index in [9.17, 15) is 4.79 Å². The first-order chi connectivity index (χ1) is 11.6. The van der Waals surface area contributed by atoms with Crippen molar-refractivity contribution in [3.05, 3.63) is 40.8 Å². The monoisotopic (exact) mass is 345 g/mol. The fourth-order valence-electron chi connectivity index (χ4n) is 2.90. The van der Waals surface area contributed by atoms with Crippen molar-refractivity contribution in [2.75, 3.05) is 25.0 Å². The third-order valence-electron chi connectivity index (χ3n) is 4.44. The molecule has 1 aliphatic rings. The van der Waals surface area contributed by atoms with E-state index in [1.165, 1.54) is 4.88 Å². The normalized spacial score (nSPS) is 18.9. The van der Waals surface area contributed by atoms with Crippen molar-refractivity contribution in [1.82, 2.24) is 20.2 Å². The van der Waals surface area contributed by atoms with Crippen LogP contribution in [0.2, 0.25) is 0 Å². The van der Waals surface area contributed by atoms with Gasteiger partial charge in [-0.3, -0.25) is 0 Å². The minimum Gasteiger partial charge on any atom is -0.339 e. The molecule has 1 fully saturated rings. The van der Waals surface area contributed by atoms with Crippen molar-refractivity contribution in [2.24, 2.45) is 0 Å². The summed E-state index contributed by atoms with van der Waals surface area (Å²) < 4.78 is 0. The Bertz CT molecular complexity index is 648. The second-order valence-corrected chi connectivity index (χ2v) is 7.07. The standard InChI is InChI=1S/C17H23N5OS/c1-13(15-7-4-11-24-15)21(2)17(23)20-14-6-3-10-22(12-14)16-18-8-5-9-19-16/h4-5,7-9,11,13-14H,3,6,10,12H2,1-2H3,(H,20,23)/t13-,14+/m1/s1. The van der Waals surface area contributed by atoms with Crippen molar-refractivity contribution in [2.45, 2.75) is 31.8 Å². The molecule has 0 aromatic carbocycles. The molecule has 3 rings (SSSR count). The van der Waals surface area contributed by atoms with Crippen LogP contribution in [0.25, 0.3) is 0 Å². The lowest BCUT2D eigenvalue weighted by Gasteiger charge is -2.34. The van der Waals surface area contributed by atoms with Crippen LogP contribution in [0.3, 0.4) is 0 Å². The number of urea groups is 1. The van der Waals surface area contributed by atoms with Gasteiger partial charge in [0.05, 0.1) is 6.04 Å². The summed E-state index contributed by atoms with van der Waals surface area (Å²) in [6.45, 7) is 3.73. The third kappa shape index (κ3) is 3.84. The number of hydrogen-bond acceptors (Lipinski definition) is 5. The minimum atomic E-state index is -0.0308. The van der Waals surface area contributed by atoms with Crippen LogP contribution in [0.15, 0.2) is 36.0 Å². The molecular formula is C17H23N5OS. The Morgan fingerprint density at radius 1 is 1.42 bits per heavy atom. The van der Waals surface area contributed by atoms with Crippen molar-refractivity contribution in [3.63, 3.8) is 0 Å². The number of rotatable bonds is 4. The highest BCUT2D eigenvalue weighted by molar-refractivity contribution is 7.10. The van der Waals surface area contributed by atoms with Crippen LogP contribution < -0.4 is 10.2 Å². The highest BCUT2D eigenvalue weighted by atomic mass is 32.1. The van der Waals surface area contributed by atoms with E-state index in [0.717, 1.165) is 31.9 Å². The Hall–Kier alpha value is -2.15. The van der Waals surface area contributed by atoms with Gasteiger partial charge >= 0.3 is 6.03 Å². The molecule has 1 N–H and O–H groups in total. The van der Waals surface area contributed by atoms with Crippen LogP contribution in [-0.4, -0.2) is 47.1 Å². The van der Waals surface area contributed by atoms with E-state index in [0.29, 0.717) is 0 Å². The molecule has 1 saturated heterocycles. The first kappa shape index (κ1) is 16.7. The van der Waals surface area contributed by atoms with E-state index in [4.69, 9.17) is 0 Å². The van der Waals surface area contributed by atoms with Gasteiger partial charge in [-0.05, 0) is 37.3 Å². The van der Waals surface area contributed by atoms with Crippen molar-refractivity contribution >= 4 is 23.3 Å². The van der Waals surface area contributed by atoms with Crippen LogP contribution in [0.4, 0.5) is 10.7 Å². The average Bonchev–Trinajstić information content (AvgIpc) is 3.16. The molecule has 0 aliphatic carbocycles. The molecule has 2 aromatic rings. The van der Waals surface area contributed by atoms with Gasteiger partial charge < -0.3 is 15.1 Å². The molecule has 3 heterocycles. The van der Waals surface area contributed by atoms with Crippen molar-refractivity contribution in [1.29, 1.82) is 0 Å². The Kier molecular flexibility index (Phi) is 5.30. The lowest BCUT2D eigenvalue weighted by molar-refractivity contribution is 0.189. The number of piperidine rings is 1.